The fraction of sp³-hybridized carbons (Fsp3) is 0.326. The van der Waals surface area contributed by atoms with Crippen LogP contribution in [0.25, 0.3) is 20.4 Å². The van der Waals surface area contributed by atoms with E-state index in [9.17, 15) is 18.1 Å². The number of aliphatic hydroxyl groups is 1. The number of nitrogens with zero attached hydrogens (tertiary/aromatic N) is 11. The van der Waals surface area contributed by atoms with E-state index in [0.29, 0.717) is 86.9 Å². The Kier molecular flexibility index (Phi) is 16.0. The summed E-state index contributed by atoms with van der Waals surface area (Å²) in [7, 11) is 1.48. The molecule has 0 atom stereocenters. The summed E-state index contributed by atoms with van der Waals surface area (Å²) in [6.07, 6.45) is 0. The molecule has 7 rings (SSSR count). The first kappa shape index (κ1) is 49.4. The number of benzene rings is 4. The topological polar surface area (TPSA) is 256 Å². The fourth-order valence-corrected chi connectivity index (χ4v) is 9.77. The number of hydrogen-bond acceptors (Lipinski definition) is 23. The molecule has 0 bridgehead atoms. The second kappa shape index (κ2) is 22.1. The zero-order valence-corrected chi connectivity index (χ0v) is 41.6. The molecule has 25 heteroatoms. The number of hydrogen-bond donors (Lipinski definition) is 4. The molecule has 68 heavy (non-hydrogen) atoms. The van der Waals surface area contributed by atoms with Gasteiger partial charge in [-0.25, -0.2) is 9.97 Å². The van der Waals surface area contributed by atoms with E-state index in [1.165, 1.54) is 42.3 Å². The first-order chi connectivity index (χ1) is 32.8. The first-order valence-electron chi connectivity index (χ1n) is 21.1. The molecule has 0 spiro atoms. The number of thioether (sulfide) groups is 1. The minimum Gasteiger partial charge on any atom is -0.497 e. The number of ether oxygens (including phenoxy) is 4. The average molecular weight is 1000 g/mol. The quantitative estimate of drug-likeness (QED) is 0.0280. The molecule has 0 fully saturated rings. The van der Waals surface area contributed by atoms with Gasteiger partial charge in [-0.2, -0.15) is 23.4 Å². The lowest BCUT2D eigenvalue weighted by molar-refractivity contribution is 0.322. The number of fused-ring (bicyclic) bond motifs is 2. The van der Waals surface area contributed by atoms with Crippen LogP contribution in [0.15, 0.2) is 85.1 Å². The Hall–Kier alpha value is -6.51. The summed E-state index contributed by atoms with van der Waals surface area (Å²) in [6, 6.07) is 15.6. The van der Waals surface area contributed by atoms with E-state index in [-0.39, 0.29) is 34.9 Å². The smallest absolute Gasteiger partial charge is 0.298 e. The predicted molar refractivity (Wildman–Crippen MR) is 268 cm³/mol. The molecule has 3 heterocycles. The van der Waals surface area contributed by atoms with E-state index in [1.807, 2.05) is 44.2 Å². The molecule has 0 aliphatic heterocycles. The highest BCUT2D eigenvalue weighted by Crippen LogP contribution is 2.44. The highest BCUT2D eigenvalue weighted by Gasteiger charge is 2.22. The Bertz CT molecular complexity index is 3090. The standard InChI is InChI=1S/C43H49N13O8S4/c1-9-55(10-2)31-18-26(28(20-33(31)62-6)51-53-42-46-25-14-13-24(61-5)17-36(25)66-42)44-39-48-40(50-41(49-39)65-16-15-57)45-27-19-32(56(11-3)12-4)34(63-7)21-29(27)52-54-43-47-30-22-38(68(58,59)60)35(64-8)23-37(30)67-43/h13-14,17-23,57H,9-12,15-16H2,1-8H3,(H,58,59,60)(H2,44,45,48,49,50). The Morgan fingerprint density at radius 2 is 1.15 bits per heavy atom. The van der Waals surface area contributed by atoms with Gasteiger partial charge in [0.15, 0.2) is 5.16 Å². The Morgan fingerprint density at radius 3 is 1.62 bits per heavy atom. The largest absolute Gasteiger partial charge is 0.497 e. The molecule has 0 radical (unpaired) electrons. The highest BCUT2D eigenvalue weighted by molar-refractivity contribution is 7.99. The zero-order chi connectivity index (χ0) is 48.5. The second-order valence-corrected chi connectivity index (χ2v) is 18.7. The van der Waals surface area contributed by atoms with Crippen LogP contribution in [0.3, 0.4) is 0 Å². The lowest BCUT2D eigenvalue weighted by Crippen LogP contribution is -2.22. The van der Waals surface area contributed by atoms with Crippen molar-refractivity contribution in [2.24, 2.45) is 20.5 Å². The minimum absolute atomic E-state index is 0.0406. The van der Waals surface area contributed by atoms with Gasteiger partial charge in [-0.15, -0.1) is 20.5 Å². The van der Waals surface area contributed by atoms with Crippen molar-refractivity contribution in [1.82, 2.24) is 24.9 Å². The predicted octanol–water partition coefficient (Wildman–Crippen LogP) is 10.5. The summed E-state index contributed by atoms with van der Waals surface area (Å²) < 4.78 is 57.7. The average Bonchev–Trinajstić information content (AvgIpc) is 3.95. The number of thiazole rings is 2. The van der Waals surface area contributed by atoms with E-state index < -0.39 is 15.0 Å². The van der Waals surface area contributed by atoms with Crippen LogP contribution in [0.4, 0.5) is 56.3 Å². The van der Waals surface area contributed by atoms with Crippen LogP contribution in [-0.2, 0) is 10.1 Å². The van der Waals surface area contributed by atoms with Crippen LogP contribution in [0.2, 0.25) is 0 Å². The molecule has 4 aromatic carbocycles. The molecular weight excluding hydrogens is 955 g/mol. The first-order valence-corrected chi connectivity index (χ1v) is 25.1. The van der Waals surface area contributed by atoms with Gasteiger partial charge in [0.05, 0.1) is 78.2 Å². The molecule has 0 aliphatic rings. The van der Waals surface area contributed by atoms with Gasteiger partial charge in [0.1, 0.15) is 39.3 Å². The third-order valence-electron chi connectivity index (χ3n) is 10.2. The normalized spacial score (nSPS) is 11.8. The number of rotatable bonds is 22. The van der Waals surface area contributed by atoms with Gasteiger partial charge in [0.2, 0.25) is 22.2 Å². The number of aliphatic hydroxyl groups excluding tert-OH is 1. The summed E-state index contributed by atoms with van der Waals surface area (Å²) in [5, 5.41) is 35.6. The maximum absolute atomic E-state index is 12.1. The number of aromatic nitrogens is 5. The van der Waals surface area contributed by atoms with Gasteiger partial charge < -0.3 is 44.5 Å². The molecule has 0 saturated carbocycles. The van der Waals surface area contributed by atoms with Crippen molar-refractivity contribution in [2.75, 3.05) is 87.4 Å². The van der Waals surface area contributed by atoms with Crippen molar-refractivity contribution < 1.29 is 37.0 Å². The molecule has 0 saturated heterocycles. The maximum atomic E-state index is 12.1. The number of azo groups is 2. The third-order valence-corrected chi connectivity index (χ3v) is 13.8. The van der Waals surface area contributed by atoms with Gasteiger partial charge in [-0.3, -0.25) is 4.55 Å². The minimum atomic E-state index is -4.60. The molecule has 21 nitrogen and oxygen atoms in total. The summed E-state index contributed by atoms with van der Waals surface area (Å²) >= 11 is 3.74. The molecule has 0 aliphatic carbocycles. The van der Waals surface area contributed by atoms with E-state index in [4.69, 9.17) is 33.9 Å². The SMILES string of the molecule is CCN(CC)c1cc(Nc2nc(Nc3cc(N(CC)CC)c(OC)cc3N=Nc3nc4cc(S(=O)(=O)O)c(OC)cc4s3)nc(SCCO)n2)c(N=Nc2nc3ccc(OC)cc3s2)cc1OC. The van der Waals surface area contributed by atoms with Crippen molar-refractivity contribution in [3.8, 4) is 23.0 Å². The lowest BCUT2D eigenvalue weighted by atomic mass is 10.2. The van der Waals surface area contributed by atoms with Gasteiger partial charge >= 0.3 is 0 Å². The monoisotopic (exact) mass is 1000 g/mol. The van der Waals surface area contributed by atoms with E-state index in [0.717, 1.165) is 32.9 Å². The summed E-state index contributed by atoms with van der Waals surface area (Å²) in [5.41, 5.74) is 4.28. The fourth-order valence-electron chi connectivity index (χ4n) is 6.93. The highest BCUT2D eigenvalue weighted by atomic mass is 32.2. The molecule has 3 aromatic heterocycles. The molecule has 0 amide bonds. The molecule has 7 aromatic rings. The Balaban J connectivity index is 1.31. The number of methoxy groups -OCH3 is 4. The van der Waals surface area contributed by atoms with Gasteiger partial charge in [-0.1, -0.05) is 34.4 Å². The van der Waals surface area contributed by atoms with Crippen molar-refractivity contribution in [2.45, 2.75) is 37.7 Å². The number of nitrogens with one attached hydrogen (secondary N) is 2. The second-order valence-electron chi connectivity index (χ2n) is 14.2. The van der Waals surface area contributed by atoms with Crippen LogP contribution >= 0.6 is 34.4 Å². The van der Waals surface area contributed by atoms with Crippen LogP contribution in [-0.4, -0.2) is 110 Å². The summed E-state index contributed by atoms with van der Waals surface area (Å²) in [5.74, 6) is 2.35. The van der Waals surface area contributed by atoms with Crippen molar-refractivity contribution >= 4 is 121 Å². The van der Waals surface area contributed by atoms with Crippen molar-refractivity contribution in [1.29, 1.82) is 0 Å². The van der Waals surface area contributed by atoms with E-state index >= 15 is 0 Å². The lowest BCUT2D eigenvalue weighted by Gasteiger charge is -2.25. The van der Waals surface area contributed by atoms with Gasteiger partial charge in [0, 0.05) is 50.1 Å². The molecular formula is C43H49N13O8S4. The maximum Gasteiger partial charge on any atom is 0.298 e. The van der Waals surface area contributed by atoms with E-state index in [2.05, 4.69) is 64.7 Å². The van der Waals surface area contributed by atoms with Gasteiger partial charge in [0.25, 0.3) is 10.1 Å². The van der Waals surface area contributed by atoms with Crippen LogP contribution in [0, 0.1) is 0 Å². The van der Waals surface area contributed by atoms with Crippen molar-refractivity contribution in [3.63, 3.8) is 0 Å². The van der Waals surface area contributed by atoms with Crippen LogP contribution in [0.1, 0.15) is 27.7 Å². The third kappa shape index (κ3) is 11.3. The molecule has 358 valence electrons. The van der Waals surface area contributed by atoms with Crippen LogP contribution in [0.5, 0.6) is 23.0 Å². The van der Waals surface area contributed by atoms with Crippen LogP contribution < -0.4 is 39.4 Å². The Labute approximate surface area is 404 Å². The van der Waals surface area contributed by atoms with Gasteiger partial charge in [-0.05, 0) is 64.1 Å². The molecule has 0 unspecified atom stereocenters. The summed E-state index contributed by atoms with van der Waals surface area (Å²) in [6.45, 7) is 10.8. The van der Waals surface area contributed by atoms with E-state index in [1.54, 1.807) is 33.5 Å². The Morgan fingerprint density at radius 1 is 0.632 bits per heavy atom. The zero-order valence-electron chi connectivity index (χ0n) is 38.3. The molecule has 4 N–H and O–H groups in total. The summed E-state index contributed by atoms with van der Waals surface area (Å²) in [4.78, 5) is 27.2. The van der Waals surface area contributed by atoms with Crippen molar-refractivity contribution in [3.05, 3.63) is 54.6 Å². The number of anilines is 6.